The van der Waals surface area contributed by atoms with Gasteiger partial charge in [-0.15, -0.1) is 10.2 Å². The van der Waals surface area contributed by atoms with Gasteiger partial charge in [-0.2, -0.15) is 5.21 Å². The summed E-state index contributed by atoms with van der Waals surface area (Å²) in [7, 11) is 0. The average Bonchev–Trinajstić information content (AvgIpc) is 3.10. The van der Waals surface area contributed by atoms with Crippen LogP contribution in [0.5, 0.6) is 0 Å². The number of nitrogens with one attached hydrogen (secondary N) is 2. The number of aromatic nitrogens is 4. The maximum atomic E-state index is 12.8. The highest BCUT2D eigenvalue weighted by Crippen LogP contribution is 2.22. The van der Waals surface area contributed by atoms with E-state index in [0.717, 1.165) is 22.4 Å². The van der Waals surface area contributed by atoms with Gasteiger partial charge in [-0.05, 0) is 37.5 Å². The fourth-order valence-electron chi connectivity index (χ4n) is 2.64. The Morgan fingerprint density at radius 3 is 2.62 bits per heavy atom. The molecule has 122 valence electrons. The number of anilines is 1. The van der Waals surface area contributed by atoms with Crippen LogP contribution in [-0.4, -0.2) is 26.5 Å². The number of H-pyrrole nitrogens is 1. The molecule has 0 fully saturated rings. The van der Waals surface area contributed by atoms with E-state index in [4.69, 9.17) is 0 Å². The quantitative estimate of drug-likeness (QED) is 0.757. The Morgan fingerprint density at radius 2 is 1.96 bits per heavy atom. The van der Waals surface area contributed by atoms with Crippen LogP contribution in [-0.2, 0) is 11.2 Å². The van der Waals surface area contributed by atoms with Gasteiger partial charge in [-0.1, -0.05) is 53.2 Å². The first-order valence-corrected chi connectivity index (χ1v) is 7.79. The summed E-state index contributed by atoms with van der Waals surface area (Å²) < 4.78 is 0. The number of carbonyl (C=O) groups is 1. The predicted molar refractivity (Wildman–Crippen MR) is 91.6 cm³/mol. The van der Waals surface area contributed by atoms with Crippen LogP contribution in [0.25, 0.3) is 0 Å². The van der Waals surface area contributed by atoms with Crippen molar-refractivity contribution in [3.05, 3.63) is 71.0 Å². The summed E-state index contributed by atoms with van der Waals surface area (Å²) in [6.45, 7) is 4.00. The van der Waals surface area contributed by atoms with Crippen molar-refractivity contribution < 1.29 is 4.79 Å². The molecule has 2 aromatic carbocycles. The van der Waals surface area contributed by atoms with Crippen molar-refractivity contribution in [1.82, 2.24) is 20.6 Å². The van der Waals surface area contributed by atoms with E-state index in [9.17, 15) is 4.79 Å². The van der Waals surface area contributed by atoms with E-state index in [2.05, 4.69) is 25.9 Å². The number of carbonyl (C=O) groups excluding carboxylic acids is 1. The van der Waals surface area contributed by atoms with Crippen molar-refractivity contribution in [1.29, 1.82) is 0 Å². The number of hydrogen-bond acceptors (Lipinski definition) is 4. The van der Waals surface area contributed by atoms with Crippen LogP contribution in [0.4, 0.5) is 5.69 Å². The SMILES string of the molecule is Cc1ccc(NC(=O)C(Cc2ccccc2)c2nn[nH]n2)c(C)c1. The summed E-state index contributed by atoms with van der Waals surface area (Å²) in [6.07, 6.45) is 0.511. The Balaban J connectivity index is 1.83. The molecule has 24 heavy (non-hydrogen) atoms. The number of rotatable bonds is 5. The van der Waals surface area contributed by atoms with Gasteiger partial charge < -0.3 is 5.32 Å². The van der Waals surface area contributed by atoms with E-state index in [1.807, 2.05) is 62.4 Å². The van der Waals surface area contributed by atoms with Gasteiger partial charge in [-0.3, -0.25) is 4.79 Å². The highest BCUT2D eigenvalue weighted by Gasteiger charge is 2.25. The summed E-state index contributed by atoms with van der Waals surface area (Å²) in [5.41, 5.74) is 4.02. The zero-order valence-electron chi connectivity index (χ0n) is 13.7. The number of aromatic amines is 1. The van der Waals surface area contributed by atoms with Gasteiger partial charge in [-0.25, -0.2) is 0 Å². The summed E-state index contributed by atoms with van der Waals surface area (Å²) in [4.78, 5) is 12.8. The van der Waals surface area contributed by atoms with Crippen molar-refractivity contribution in [2.45, 2.75) is 26.2 Å². The van der Waals surface area contributed by atoms with Crippen molar-refractivity contribution in [3.8, 4) is 0 Å². The Bertz CT molecular complexity index is 815. The second-order valence-corrected chi connectivity index (χ2v) is 5.82. The van der Waals surface area contributed by atoms with Crippen molar-refractivity contribution >= 4 is 11.6 Å². The highest BCUT2D eigenvalue weighted by molar-refractivity contribution is 5.96. The number of tetrazole rings is 1. The molecule has 1 heterocycles. The van der Waals surface area contributed by atoms with Crippen LogP contribution in [0.2, 0.25) is 0 Å². The first-order chi connectivity index (χ1) is 11.6. The number of aryl methyl sites for hydroxylation is 2. The van der Waals surface area contributed by atoms with Gasteiger partial charge in [0.05, 0.1) is 0 Å². The lowest BCUT2D eigenvalue weighted by Crippen LogP contribution is -2.24. The molecular weight excluding hydrogens is 302 g/mol. The molecule has 0 aliphatic rings. The van der Waals surface area contributed by atoms with Crippen LogP contribution < -0.4 is 5.32 Å². The minimum Gasteiger partial charge on any atom is -0.325 e. The second-order valence-electron chi connectivity index (χ2n) is 5.82. The van der Waals surface area contributed by atoms with E-state index in [1.54, 1.807) is 0 Å². The van der Waals surface area contributed by atoms with Gasteiger partial charge in [0, 0.05) is 5.69 Å². The summed E-state index contributed by atoms with van der Waals surface area (Å²) in [6, 6.07) is 15.7. The number of amides is 1. The first-order valence-electron chi connectivity index (χ1n) is 7.79. The molecule has 1 aromatic heterocycles. The molecule has 1 unspecified atom stereocenters. The topological polar surface area (TPSA) is 83.6 Å². The number of benzene rings is 2. The zero-order valence-corrected chi connectivity index (χ0v) is 13.7. The van der Waals surface area contributed by atoms with Crippen molar-refractivity contribution in [2.24, 2.45) is 0 Å². The zero-order chi connectivity index (χ0) is 16.9. The van der Waals surface area contributed by atoms with Crippen LogP contribution in [0, 0.1) is 13.8 Å². The molecule has 0 bridgehead atoms. The van der Waals surface area contributed by atoms with Crippen LogP contribution in [0.15, 0.2) is 48.5 Å². The maximum absolute atomic E-state index is 12.8. The number of hydrogen-bond donors (Lipinski definition) is 2. The van der Waals surface area contributed by atoms with E-state index in [-0.39, 0.29) is 5.91 Å². The maximum Gasteiger partial charge on any atom is 0.235 e. The molecule has 0 saturated heterocycles. The second kappa shape index (κ2) is 7.04. The average molecular weight is 321 g/mol. The fourth-order valence-corrected chi connectivity index (χ4v) is 2.64. The molecular formula is C18H19N5O. The summed E-state index contributed by atoms with van der Waals surface area (Å²) in [5, 5.41) is 17.0. The number of nitrogens with zero attached hydrogens (tertiary/aromatic N) is 3. The normalized spacial score (nSPS) is 11.9. The monoisotopic (exact) mass is 321 g/mol. The van der Waals surface area contributed by atoms with Crippen LogP contribution in [0.1, 0.15) is 28.4 Å². The van der Waals surface area contributed by atoms with Gasteiger partial charge in [0.2, 0.25) is 5.91 Å². The third kappa shape index (κ3) is 3.65. The van der Waals surface area contributed by atoms with Gasteiger partial charge >= 0.3 is 0 Å². The standard InChI is InChI=1S/C18H19N5O/c1-12-8-9-16(13(2)10-12)19-18(24)15(17-20-22-23-21-17)11-14-6-4-3-5-7-14/h3-10,15H,11H2,1-2H3,(H,19,24)(H,20,21,22,23). The first kappa shape index (κ1) is 15.9. The summed E-state index contributed by atoms with van der Waals surface area (Å²) in [5.74, 6) is -0.264. The molecule has 2 N–H and O–H groups in total. The minimum absolute atomic E-state index is 0.146. The third-order valence-corrected chi connectivity index (χ3v) is 3.91. The van der Waals surface area contributed by atoms with Crippen LogP contribution >= 0.6 is 0 Å². The lowest BCUT2D eigenvalue weighted by atomic mass is 9.97. The highest BCUT2D eigenvalue weighted by atomic mass is 16.1. The molecule has 6 nitrogen and oxygen atoms in total. The van der Waals surface area contributed by atoms with Gasteiger partial charge in [0.15, 0.2) is 5.82 Å². The Morgan fingerprint density at radius 1 is 1.17 bits per heavy atom. The third-order valence-electron chi connectivity index (χ3n) is 3.91. The molecule has 6 heteroatoms. The minimum atomic E-state index is -0.508. The van der Waals surface area contributed by atoms with E-state index in [0.29, 0.717) is 12.2 Å². The molecule has 0 aliphatic carbocycles. The van der Waals surface area contributed by atoms with Crippen LogP contribution in [0.3, 0.4) is 0 Å². The Labute approximate surface area is 140 Å². The van der Waals surface area contributed by atoms with E-state index >= 15 is 0 Å². The van der Waals surface area contributed by atoms with Gasteiger partial charge in [0.25, 0.3) is 0 Å². The van der Waals surface area contributed by atoms with Crippen molar-refractivity contribution in [3.63, 3.8) is 0 Å². The Kier molecular flexibility index (Phi) is 4.65. The van der Waals surface area contributed by atoms with E-state index in [1.165, 1.54) is 0 Å². The molecule has 0 radical (unpaired) electrons. The summed E-state index contributed by atoms with van der Waals surface area (Å²) >= 11 is 0. The molecule has 1 amide bonds. The van der Waals surface area contributed by atoms with Crippen molar-refractivity contribution in [2.75, 3.05) is 5.32 Å². The van der Waals surface area contributed by atoms with E-state index < -0.39 is 5.92 Å². The molecule has 3 aromatic rings. The largest absolute Gasteiger partial charge is 0.325 e. The lowest BCUT2D eigenvalue weighted by Gasteiger charge is -2.15. The lowest BCUT2D eigenvalue weighted by molar-refractivity contribution is -0.117. The fraction of sp³-hybridized carbons (Fsp3) is 0.222. The molecule has 0 saturated carbocycles. The molecule has 0 aliphatic heterocycles. The molecule has 1 atom stereocenters. The smallest absolute Gasteiger partial charge is 0.235 e. The van der Waals surface area contributed by atoms with Gasteiger partial charge in [0.1, 0.15) is 5.92 Å². The molecule has 3 rings (SSSR count). The predicted octanol–water partition coefficient (Wildman–Crippen LogP) is 2.78. The Hall–Kier alpha value is -3.02. The molecule has 0 spiro atoms.